The molecule has 2 N–H and O–H groups in total. The number of amides is 2. The summed E-state index contributed by atoms with van der Waals surface area (Å²) in [5.74, 6) is -0.147. The average Bonchev–Trinajstić information content (AvgIpc) is 3.23. The molecule has 0 bridgehead atoms. The Kier molecular flexibility index (Phi) is 6.39. The molecule has 6 nitrogen and oxygen atoms in total. The van der Waals surface area contributed by atoms with Gasteiger partial charge in [0.15, 0.2) is 0 Å². The third-order valence-electron chi connectivity index (χ3n) is 5.03. The molecule has 0 spiro atoms. The monoisotopic (exact) mass is 420 g/mol. The molecular weight excluding hydrogens is 396 g/mol. The van der Waals surface area contributed by atoms with E-state index in [4.69, 9.17) is 4.99 Å². The van der Waals surface area contributed by atoms with Gasteiger partial charge in [-0.05, 0) is 49.2 Å². The van der Waals surface area contributed by atoms with Gasteiger partial charge in [-0.3, -0.25) is 19.7 Å². The third-order valence-corrected chi connectivity index (χ3v) is 6.02. The molecular formula is C23H24N4O2S. The van der Waals surface area contributed by atoms with E-state index < -0.39 is 0 Å². The Balaban J connectivity index is 1.48. The van der Waals surface area contributed by atoms with Gasteiger partial charge in [0, 0.05) is 11.9 Å². The zero-order valence-electron chi connectivity index (χ0n) is 16.6. The van der Waals surface area contributed by atoms with Crippen LogP contribution in [0.15, 0.2) is 71.9 Å². The predicted octanol–water partition coefficient (Wildman–Crippen LogP) is 5.12. The first-order valence-electron chi connectivity index (χ1n) is 10.2. The van der Waals surface area contributed by atoms with E-state index in [0.717, 1.165) is 12.8 Å². The van der Waals surface area contributed by atoms with E-state index >= 15 is 0 Å². The fraction of sp³-hybridized carbons (Fsp3) is 0.261. The summed E-state index contributed by atoms with van der Waals surface area (Å²) in [6.07, 6.45) is 7.56. The molecule has 1 aliphatic rings. The van der Waals surface area contributed by atoms with Crippen molar-refractivity contribution in [2.24, 2.45) is 4.99 Å². The number of benzene rings is 1. The SMILES string of the molecule is O=C(Nc1ccccc1)Nc1ccc(C(=O)n2ccccc2=NC2CCCCC2)s1. The molecule has 1 fully saturated rings. The molecule has 1 saturated carbocycles. The van der Waals surface area contributed by atoms with Crippen LogP contribution in [0.5, 0.6) is 0 Å². The molecule has 0 saturated heterocycles. The van der Waals surface area contributed by atoms with E-state index in [1.54, 1.807) is 22.9 Å². The lowest BCUT2D eigenvalue weighted by molar-refractivity contribution is 0.0958. The van der Waals surface area contributed by atoms with Crippen LogP contribution in [-0.4, -0.2) is 22.5 Å². The minimum Gasteiger partial charge on any atom is -0.308 e. The van der Waals surface area contributed by atoms with Gasteiger partial charge < -0.3 is 5.32 Å². The maximum Gasteiger partial charge on any atom is 0.324 e. The van der Waals surface area contributed by atoms with Gasteiger partial charge in [0.1, 0.15) is 5.49 Å². The lowest BCUT2D eigenvalue weighted by Crippen LogP contribution is -2.28. The molecule has 7 heteroatoms. The summed E-state index contributed by atoms with van der Waals surface area (Å²) < 4.78 is 1.59. The lowest BCUT2D eigenvalue weighted by Gasteiger charge is -2.17. The van der Waals surface area contributed by atoms with Crippen molar-refractivity contribution >= 4 is 34.0 Å². The van der Waals surface area contributed by atoms with Crippen molar-refractivity contribution in [3.8, 4) is 0 Å². The van der Waals surface area contributed by atoms with Gasteiger partial charge in [-0.25, -0.2) is 4.79 Å². The number of carbonyl (C=O) groups excluding carboxylic acids is 2. The number of carbonyl (C=O) groups is 2. The highest BCUT2D eigenvalue weighted by Gasteiger charge is 2.15. The molecule has 0 radical (unpaired) electrons. The Morgan fingerprint density at radius 2 is 1.67 bits per heavy atom. The van der Waals surface area contributed by atoms with Crippen LogP contribution in [0.4, 0.5) is 15.5 Å². The minimum atomic E-state index is -0.345. The molecule has 2 amide bonds. The number of hydrogen-bond donors (Lipinski definition) is 2. The van der Waals surface area contributed by atoms with Gasteiger partial charge in [-0.2, -0.15) is 0 Å². The Hall–Kier alpha value is -3.19. The second-order valence-electron chi connectivity index (χ2n) is 7.26. The fourth-order valence-electron chi connectivity index (χ4n) is 3.54. The Morgan fingerprint density at radius 3 is 2.47 bits per heavy atom. The van der Waals surface area contributed by atoms with Crippen LogP contribution in [-0.2, 0) is 0 Å². The molecule has 0 atom stereocenters. The first-order chi connectivity index (χ1) is 14.7. The van der Waals surface area contributed by atoms with Crippen LogP contribution in [0.2, 0.25) is 0 Å². The van der Waals surface area contributed by atoms with Crippen molar-refractivity contribution in [1.29, 1.82) is 0 Å². The second kappa shape index (κ2) is 9.54. The van der Waals surface area contributed by atoms with Crippen molar-refractivity contribution in [1.82, 2.24) is 4.57 Å². The summed E-state index contributed by atoms with van der Waals surface area (Å²) in [7, 11) is 0. The summed E-state index contributed by atoms with van der Waals surface area (Å²) in [6, 6.07) is 18.2. The molecule has 2 heterocycles. The number of pyridine rings is 1. The largest absolute Gasteiger partial charge is 0.324 e. The Morgan fingerprint density at radius 1 is 0.900 bits per heavy atom. The van der Waals surface area contributed by atoms with E-state index in [-0.39, 0.29) is 18.0 Å². The zero-order valence-corrected chi connectivity index (χ0v) is 17.4. The lowest BCUT2D eigenvalue weighted by atomic mass is 9.96. The molecule has 154 valence electrons. The van der Waals surface area contributed by atoms with Gasteiger partial charge in [-0.15, -0.1) is 11.3 Å². The van der Waals surface area contributed by atoms with E-state index in [9.17, 15) is 9.59 Å². The van der Waals surface area contributed by atoms with Crippen LogP contribution in [0.25, 0.3) is 0 Å². The molecule has 30 heavy (non-hydrogen) atoms. The van der Waals surface area contributed by atoms with Gasteiger partial charge in [0.25, 0.3) is 5.91 Å². The van der Waals surface area contributed by atoms with Crippen LogP contribution >= 0.6 is 11.3 Å². The van der Waals surface area contributed by atoms with Crippen molar-refractivity contribution in [3.05, 3.63) is 77.2 Å². The number of para-hydroxylation sites is 1. The maximum absolute atomic E-state index is 13.1. The topological polar surface area (TPSA) is 75.5 Å². The van der Waals surface area contributed by atoms with Crippen LogP contribution < -0.4 is 16.1 Å². The number of anilines is 2. The van der Waals surface area contributed by atoms with Crippen LogP contribution in [0, 0.1) is 0 Å². The highest BCUT2D eigenvalue weighted by Crippen LogP contribution is 2.23. The second-order valence-corrected chi connectivity index (χ2v) is 8.35. The normalized spacial score (nSPS) is 15.0. The molecule has 0 unspecified atom stereocenters. The highest BCUT2D eigenvalue weighted by molar-refractivity contribution is 7.18. The average molecular weight is 421 g/mol. The number of rotatable bonds is 4. The van der Waals surface area contributed by atoms with E-state index in [1.807, 2.05) is 48.5 Å². The van der Waals surface area contributed by atoms with Crippen molar-refractivity contribution in [3.63, 3.8) is 0 Å². The quantitative estimate of drug-likeness (QED) is 0.615. The van der Waals surface area contributed by atoms with Gasteiger partial charge in [-0.1, -0.05) is 43.5 Å². The number of hydrogen-bond acceptors (Lipinski definition) is 4. The Labute approximate surface area is 179 Å². The standard InChI is InChI=1S/C23H24N4O2S/c28-22(27-16-8-7-13-20(27)24-17-9-3-1-4-10-17)19-14-15-21(30-19)26-23(29)25-18-11-5-2-6-12-18/h2,5-8,11-17H,1,3-4,9-10H2,(H2,25,26,29). The van der Waals surface area contributed by atoms with Gasteiger partial charge >= 0.3 is 6.03 Å². The highest BCUT2D eigenvalue weighted by atomic mass is 32.1. The Bertz CT molecular complexity index is 1080. The number of nitrogens with zero attached hydrogens (tertiary/aromatic N) is 2. The molecule has 2 aromatic heterocycles. The van der Waals surface area contributed by atoms with Crippen molar-refractivity contribution in [2.75, 3.05) is 10.6 Å². The number of urea groups is 1. The molecule has 1 aliphatic carbocycles. The summed E-state index contributed by atoms with van der Waals surface area (Å²) in [5, 5.41) is 6.15. The van der Waals surface area contributed by atoms with Crippen molar-refractivity contribution < 1.29 is 9.59 Å². The van der Waals surface area contributed by atoms with Crippen LogP contribution in [0.1, 0.15) is 41.8 Å². The smallest absolute Gasteiger partial charge is 0.308 e. The summed E-state index contributed by atoms with van der Waals surface area (Å²) in [4.78, 5) is 30.6. The number of nitrogens with one attached hydrogen (secondary N) is 2. The fourth-order valence-corrected chi connectivity index (χ4v) is 4.38. The number of aromatic nitrogens is 1. The van der Waals surface area contributed by atoms with Gasteiger partial charge in [0.2, 0.25) is 0 Å². The maximum atomic E-state index is 13.1. The first-order valence-corrected chi connectivity index (χ1v) is 11.0. The molecule has 3 aromatic rings. The number of thiophene rings is 1. The summed E-state index contributed by atoms with van der Waals surface area (Å²) in [5.41, 5.74) is 1.38. The minimum absolute atomic E-state index is 0.147. The van der Waals surface area contributed by atoms with E-state index in [2.05, 4.69) is 10.6 Å². The summed E-state index contributed by atoms with van der Waals surface area (Å²) in [6.45, 7) is 0. The first kappa shape index (κ1) is 20.1. The molecule has 1 aromatic carbocycles. The zero-order chi connectivity index (χ0) is 20.8. The summed E-state index contributed by atoms with van der Waals surface area (Å²) >= 11 is 1.25. The van der Waals surface area contributed by atoms with Crippen LogP contribution in [0.3, 0.4) is 0 Å². The van der Waals surface area contributed by atoms with Crippen molar-refractivity contribution in [2.45, 2.75) is 38.1 Å². The molecule has 4 rings (SSSR count). The van der Waals surface area contributed by atoms with Gasteiger partial charge in [0.05, 0.1) is 15.9 Å². The molecule has 0 aliphatic heterocycles. The van der Waals surface area contributed by atoms with E-state index in [1.165, 1.54) is 30.6 Å². The predicted molar refractivity (Wildman–Crippen MR) is 120 cm³/mol. The third kappa shape index (κ3) is 5.04. The van der Waals surface area contributed by atoms with E-state index in [0.29, 0.717) is 21.1 Å².